The first-order chi connectivity index (χ1) is 10.1. The summed E-state index contributed by atoms with van der Waals surface area (Å²) in [5.74, 6) is 1.50. The van der Waals surface area contributed by atoms with Gasteiger partial charge in [-0.25, -0.2) is 9.67 Å². The zero-order valence-corrected chi connectivity index (χ0v) is 12.4. The van der Waals surface area contributed by atoms with Crippen LogP contribution in [-0.2, 0) is 6.54 Å². The van der Waals surface area contributed by atoms with Crippen molar-refractivity contribution in [2.24, 2.45) is 0 Å². The molecule has 2 aromatic heterocycles. The number of nitrogens with one attached hydrogen (secondary N) is 1. The van der Waals surface area contributed by atoms with Gasteiger partial charge in [0.05, 0.1) is 30.3 Å². The van der Waals surface area contributed by atoms with Crippen LogP contribution in [0.4, 0.5) is 5.69 Å². The Balaban J connectivity index is 1.88. The van der Waals surface area contributed by atoms with Crippen molar-refractivity contribution >= 4 is 5.69 Å². The van der Waals surface area contributed by atoms with Gasteiger partial charge < -0.3 is 9.73 Å². The third-order valence-electron chi connectivity index (χ3n) is 3.21. The van der Waals surface area contributed by atoms with Crippen molar-refractivity contribution in [2.45, 2.75) is 27.3 Å². The molecule has 0 spiro atoms. The summed E-state index contributed by atoms with van der Waals surface area (Å²) in [6, 6.07) is 6.24. The topological polar surface area (TPSA) is 55.9 Å². The Morgan fingerprint density at radius 1 is 1.14 bits per heavy atom. The summed E-state index contributed by atoms with van der Waals surface area (Å²) in [4.78, 5) is 4.21. The number of aryl methyl sites for hydroxylation is 3. The van der Waals surface area contributed by atoms with Crippen LogP contribution in [0.3, 0.4) is 0 Å². The van der Waals surface area contributed by atoms with Gasteiger partial charge in [0.1, 0.15) is 5.76 Å². The maximum absolute atomic E-state index is 5.49. The Hall–Kier alpha value is -2.56. The minimum atomic E-state index is 0.546. The number of nitrogens with zero attached hydrogens (tertiary/aromatic N) is 3. The molecule has 0 aliphatic carbocycles. The average molecular weight is 282 g/mol. The lowest BCUT2D eigenvalue weighted by Gasteiger charge is -2.12. The van der Waals surface area contributed by atoms with E-state index in [0.29, 0.717) is 12.4 Å². The monoisotopic (exact) mass is 282 g/mol. The zero-order chi connectivity index (χ0) is 14.8. The van der Waals surface area contributed by atoms with Crippen molar-refractivity contribution in [1.29, 1.82) is 0 Å². The van der Waals surface area contributed by atoms with Crippen molar-refractivity contribution in [2.75, 3.05) is 5.32 Å². The maximum Gasteiger partial charge on any atom is 0.213 e. The van der Waals surface area contributed by atoms with Gasteiger partial charge in [0.25, 0.3) is 0 Å². The number of hydrogen-bond donors (Lipinski definition) is 1. The summed E-state index contributed by atoms with van der Waals surface area (Å²) in [5, 5.41) is 7.75. The standard InChI is InChI=1S/C16H18N4O/c1-11-4-5-15(20-10-12(2)7-19-20)14(6-11)17-9-16-18-8-13(3)21-16/h4-8,10,17H,9H2,1-3H3. The summed E-state index contributed by atoms with van der Waals surface area (Å²) in [5.41, 5.74) is 4.34. The third-order valence-corrected chi connectivity index (χ3v) is 3.21. The first-order valence-electron chi connectivity index (χ1n) is 6.89. The van der Waals surface area contributed by atoms with Crippen molar-refractivity contribution in [1.82, 2.24) is 14.8 Å². The number of hydrogen-bond acceptors (Lipinski definition) is 4. The molecule has 0 unspecified atom stereocenters. The van der Waals surface area contributed by atoms with Crippen LogP contribution >= 0.6 is 0 Å². The van der Waals surface area contributed by atoms with Gasteiger partial charge in [-0.1, -0.05) is 6.07 Å². The van der Waals surface area contributed by atoms with E-state index in [4.69, 9.17) is 4.42 Å². The Labute approximate surface area is 123 Å². The molecule has 0 saturated carbocycles. The van der Waals surface area contributed by atoms with Crippen LogP contribution in [0.1, 0.15) is 22.8 Å². The summed E-state index contributed by atoms with van der Waals surface area (Å²) >= 11 is 0. The summed E-state index contributed by atoms with van der Waals surface area (Å²) in [7, 11) is 0. The van der Waals surface area contributed by atoms with Crippen LogP contribution in [0.5, 0.6) is 0 Å². The molecular formula is C16H18N4O. The number of rotatable bonds is 4. The van der Waals surface area contributed by atoms with E-state index in [2.05, 4.69) is 40.5 Å². The second kappa shape index (κ2) is 5.44. The van der Waals surface area contributed by atoms with Crippen molar-refractivity contribution in [3.63, 3.8) is 0 Å². The second-order valence-electron chi connectivity index (χ2n) is 5.20. The van der Waals surface area contributed by atoms with Gasteiger partial charge in [0.2, 0.25) is 5.89 Å². The van der Waals surface area contributed by atoms with E-state index in [1.807, 2.05) is 30.9 Å². The first kappa shape index (κ1) is 13.4. The number of anilines is 1. The lowest BCUT2D eigenvalue weighted by molar-refractivity contribution is 0.479. The summed E-state index contributed by atoms with van der Waals surface area (Å²) in [6.45, 7) is 6.53. The van der Waals surface area contributed by atoms with E-state index in [1.165, 1.54) is 5.56 Å². The zero-order valence-electron chi connectivity index (χ0n) is 12.4. The van der Waals surface area contributed by atoms with Crippen molar-refractivity contribution < 1.29 is 4.42 Å². The van der Waals surface area contributed by atoms with Gasteiger partial charge in [-0.3, -0.25) is 0 Å². The van der Waals surface area contributed by atoms with E-state index >= 15 is 0 Å². The molecule has 1 N–H and O–H groups in total. The molecule has 0 radical (unpaired) electrons. The normalized spacial score (nSPS) is 10.8. The molecule has 3 aromatic rings. The second-order valence-corrected chi connectivity index (χ2v) is 5.20. The van der Waals surface area contributed by atoms with Gasteiger partial charge in [0, 0.05) is 6.20 Å². The molecule has 0 bridgehead atoms. The van der Waals surface area contributed by atoms with Gasteiger partial charge in [-0.05, 0) is 44.0 Å². The summed E-state index contributed by atoms with van der Waals surface area (Å²) < 4.78 is 7.36. The fraction of sp³-hybridized carbons (Fsp3) is 0.250. The third kappa shape index (κ3) is 2.97. The average Bonchev–Trinajstić information content (AvgIpc) is 3.05. The molecule has 0 saturated heterocycles. The fourth-order valence-corrected chi connectivity index (χ4v) is 2.19. The van der Waals surface area contributed by atoms with Crippen LogP contribution in [0.2, 0.25) is 0 Å². The molecule has 2 heterocycles. The van der Waals surface area contributed by atoms with Crippen LogP contribution in [0.15, 0.2) is 41.2 Å². The minimum absolute atomic E-state index is 0.546. The SMILES string of the molecule is Cc1ccc(-n2cc(C)cn2)c(NCc2ncc(C)o2)c1. The predicted molar refractivity (Wildman–Crippen MR) is 81.6 cm³/mol. The first-order valence-corrected chi connectivity index (χ1v) is 6.89. The van der Waals surface area contributed by atoms with E-state index in [1.54, 1.807) is 6.20 Å². The maximum atomic E-state index is 5.49. The van der Waals surface area contributed by atoms with Gasteiger partial charge >= 0.3 is 0 Å². The van der Waals surface area contributed by atoms with E-state index in [0.717, 1.165) is 22.7 Å². The van der Waals surface area contributed by atoms with Crippen molar-refractivity contribution in [3.05, 3.63) is 59.6 Å². The number of aromatic nitrogens is 3. The van der Waals surface area contributed by atoms with Crippen molar-refractivity contribution in [3.8, 4) is 5.69 Å². The molecule has 21 heavy (non-hydrogen) atoms. The molecular weight excluding hydrogens is 264 g/mol. The Kier molecular flexibility index (Phi) is 3.48. The quantitative estimate of drug-likeness (QED) is 0.797. The molecule has 0 atom stereocenters. The van der Waals surface area contributed by atoms with Crippen LogP contribution in [0.25, 0.3) is 5.69 Å². The molecule has 1 aromatic carbocycles. The van der Waals surface area contributed by atoms with Gasteiger partial charge in [0.15, 0.2) is 0 Å². The summed E-state index contributed by atoms with van der Waals surface area (Å²) in [6.07, 6.45) is 5.58. The minimum Gasteiger partial charge on any atom is -0.444 e. The smallest absolute Gasteiger partial charge is 0.213 e. The molecule has 0 fully saturated rings. The van der Waals surface area contributed by atoms with Crippen LogP contribution in [0, 0.1) is 20.8 Å². The molecule has 0 aliphatic rings. The highest BCUT2D eigenvalue weighted by atomic mass is 16.4. The highest BCUT2D eigenvalue weighted by Gasteiger charge is 2.08. The fourth-order valence-electron chi connectivity index (χ4n) is 2.19. The van der Waals surface area contributed by atoms with E-state index in [-0.39, 0.29) is 0 Å². The largest absolute Gasteiger partial charge is 0.444 e. The van der Waals surface area contributed by atoms with Crippen LogP contribution < -0.4 is 5.32 Å². The van der Waals surface area contributed by atoms with Crippen LogP contribution in [-0.4, -0.2) is 14.8 Å². The number of oxazole rings is 1. The molecule has 108 valence electrons. The Morgan fingerprint density at radius 2 is 2.00 bits per heavy atom. The predicted octanol–water partition coefficient (Wildman–Crippen LogP) is 3.40. The van der Waals surface area contributed by atoms with E-state index < -0.39 is 0 Å². The van der Waals surface area contributed by atoms with Gasteiger partial charge in [-0.2, -0.15) is 5.10 Å². The molecule has 5 nitrogen and oxygen atoms in total. The Morgan fingerprint density at radius 3 is 2.67 bits per heavy atom. The Bertz CT molecular complexity index is 757. The highest BCUT2D eigenvalue weighted by molar-refractivity contribution is 5.62. The lowest BCUT2D eigenvalue weighted by atomic mass is 10.2. The van der Waals surface area contributed by atoms with E-state index in [9.17, 15) is 0 Å². The molecule has 5 heteroatoms. The van der Waals surface area contributed by atoms with Gasteiger partial charge in [-0.15, -0.1) is 0 Å². The number of benzene rings is 1. The molecule has 0 amide bonds. The molecule has 0 aliphatic heterocycles. The highest BCUT2D eigenvalue weighted by Crippen LogP contribution is 2.22. The molecule has 3 rings (SSSR count). The lowest BCUT2D eigenvalue weighted by Crippen LogP contribution is -2.05.